The predicted octanol–water partition coefficient (Wildman–Crippen LogP) is 1.53. The lowest BCUT2D eigenvalue weighted by Gasteiger charge is -2.26. The van der Waals surface area contributed by atoms with Gasteiger partial charge in [-0.3, -0.25) is 9.69 Å². The molecule has 0 bridgehead atoms. The Morgan fingerprint density at radius 2 is 2.10 bits per heavy atom. The highest BCUT2D eigenvalue weighted by molar-refractivity contribution is 7.13. The number of nitrogens with zero attached hydrogens (tertiary/aromatic N) is 2. The highest BCUT2D eigenvalue weighted by Crippen LogP contribution is 2.33. The number of hydrogen-bond donors (Lipinski definition) is 1. The molecule has 5 nitrogen and oxygen atoms in total. The van der Waals surface area contributed by atoms with Gasteiger partial charge >= 0.3 is 6.18 Å². The first kappa shape index (κ1) is 16.2. The smallest absolute Gasteiger partial charge is 0.379 e. The quantitative estimate of drug-likeness (QED) is 0.913. The summed E-state index contributed by atoms with van der Waals surface area (Å²) in [5.41, 5.74) is 0.108. The third kappa shape index (κ3) is 4.39. The minimum atomic E-state index is -4.51. The number of aromatic nitrogens is 1. The lowest BCUT2D eigenvalue weighted by molar-refractivity contribution is -0.137. The number of alkyl halides is 3. The van der Waals surface area contributed by atoms with E-state index in [2.05, 4.69) is 15.2 Å². The van der Waals surface area contributed by atoms with Crippen LogP contribution in [-0.4, -0.2) is 55.2 Å². The molecular weight excluding hydrogens is 307 g/mol. The van der Waals surface area contributed by atoms with Crippen molar-refractivity contribution in [1.29, 1.82) is 0 Å². The van der Waals surface area contributed by atoms with Gasteiger partial charge in [-0.05, 0) is 6.92 Å². The molecule has 1 aliphatic heterocycles. The minimum Gasteiger partial charge on any atom is -0.379 e. The van der Waals surface area contributed by atoms with Crippen LogP contribution in [0.3, 0.4) is 0 Å². The summed E-state index contributed by atoms with van der Waals surface area (Å²) in [5.74, 6) is -0.506. The van der Waals surface area contributed by atoms with Gasteiger partial charge in [0.05, 0.1) is 18.9 Å². The molecule has 1 aliphatic rings. The molecule has 2 heterocycles. The van der Waals surface area contributed by atoms with Gasteiger partial charge < -0.3 is 10.1 Å². The molecule has 1 aromatic rings. The largest absolute Gasteiger partial charge is 0.443 e. The Hall–Kier alpha value is -1.19. The van der Waals surface area contributed by atoms with Crippen LogP contribution < -0.4 is 5.32 Å². The van der Waals surface area contributed by atoms with Crippen molar-refractivity contribution in [3.05, 3.63) is 15.6 Å². The lowest BCUT2D eigenvalue weighted by atomic mass is 10.3. The Morgan fingerprint density at radius 3 is 2.67 bits per heavy atom. The topological polar surface area (TPSA) is 54.5 Å². The van der Waals surface area contributed by atoms with Gasteiger partial charge in [-0.2, -0.15) is 13.2 Å². The SMILES string of the molecule is Cc1nc(C(F)(F)F)sc1C(=O)NCCN1CCOCC1. The zero-order valence-electron chi connectivity index (χ0n) is 11.5. The summed E-state index contributed by atoms with van der Waals surface area (Å²) in [6, 6.07) is 0. The van der Waals surface area contributed by atoms with Crippen LogP contribution in [0.1, 0.15) is 20.4 Å². The average Bonchev–Trinajstić information content (AvgIpc) is 2.82. The predicted molar refractivity (Wildman–Crippen MR) is 71.4 cm³/mol. The summed E-state index contributed by atoms with van der Waals surface area (Å²) in [4.78, 5) is 17.5. The molecule has 1 N–H and O–H groups in total. The number of ether oxygens (including phenoxy) is 1. The van der Waals surface area contributed by atoms with Gasteiger partial charge in [-0.1, -0.05) is 0 Å². The second kappa shape index (κ2) is 6.71. The molecule has 0 spiro atoms. The van der Waals surface area contributed by atoms with Crippen LogP contribution in [-0.2, 0) is 10.9 Å². The van der Waals surface area contributed by atoms with Crippen molar-refractivity contribution >= 4 is 17.2 Å². The average molecular weight is 323 g/mol. The van der Waals surface area contributed by atoms with Crippen molar-refractivity contribution in [1.82, 2.24) is 15.2 Å². The summed E-state index contributed by atoms with van der Waals surface area (Å²) in [6.45, 7) is 5.37. The minimum absolute atomic E-state index is 0.0179. The summed E-state index contributed by atoms with van der Waals surface area (Å²) in [6.07, 6.45) is -4.51. The van der Waals surface area contributed by atoms with Crippen molar-refractivity contribution in [2.24, 2.45) is 0 Å². The summed E-state index contributed by atoms with van der Waals surface area (Å²) >= 11 is 0.379. The molecule has 118 valence electrons. The Bertz CT molecular complexity index is 498. The molecule has 0 saturated carbocycles. The van der Waals surface area contributed by atoms with E-state index in [1.54, 1.807) is 0 Å². The van der Waals surface area contributed by atoms with Gasteiger partial charge in [-0.15, -0.1) is 11.3 Å². The first-order valence-electron chi connectivity index (χ1n) is 6.51. The first-order chi connectivity index (χ1) is 9.88. The lowest BCUT2D eigenvalue weighted by Crippen LogP contribution is -2.41. The van der Waals surface area contributed by atoms with E-state index in [4.69, 9.17) is 4.74 Å². The fourth-order valence-electron chi connectivity index (χ4n) is 1.96. The fourth-order valence-corrected chi connectivity index (χ4v) is 2.81. The van der Waals surface area contributed by atoms with E-state index in [1.807, 2.05) is 0 Å². The van der Waals surface area contributed by atoms with Crippen molar-refractivity contribution in [3.8, 4) is 0 Å². The molecule has 0 aromatic carbocycles. The number of amides is 1. The summed E-state index contributed by atoms with van der Waals surface area (Å²) < 4.78 is 42.8. The Balaban J connectivity index is 1.87. The third-order valence-electron chi connectivity index (χ3n) is 3.06. The molecule has 0 radical (unpaired) electrons. The van der Waals surface area contributed by atoms with Gasteiger partial charge in [0.15, 0.2) is 5.01 Å². The van der Waals surface area contributed by atoms with E-state index in [-0.39, 0.29) is 10.6 Å². The number of morpholine rings is 1. The molecule has 1 aromatic heterocycles. The van der Waals surface area contributed by atoms with Gasteiger partial charge in [-0.25, -0.2) is 4.98 Å². The first-order valence-corrected chi connectivity index (χ1v) is 7.32. The van der Waals surface area contributed by atoms with Gasteiger partial charge in [0.2, 0.25) is 0 Å². The summed E-state index contributed by atoms with van der Waals surface area (Å²) in [5, 5.41) is 1.65. The van der Waals surface area contributed by atoms with E-state index in [9.17, 15) is 18.0 Å². The van der Waals surface area contributed by atoms with E-state index in [1.165, 1.54) is 6.92 Å². The number of halogens is 3. The molecule has 2 rings (SSSR count). The van der Waals surface area contributed by atoms with Crippen LogP contribution in [0.5, 0.6) is 0 Å². The van der Waals surface area contributed by atoms with Crippen LogP contribution >= 0.6 is 11.3 Å². The number of nitrogens with one attached hydrogen (secondary N) is 1. The van der Waals surface area contributed by atoms with Crippen LogP contribution in [0.25, 0.3) is 0 Å². The fraction of sp³-hybridized carbons (Fsp3) is 0.667. The molecule has 0 aliphatic carbocycles. The van der Waals surface area contributed by atoms with Crippen molar-refractivity contribution in [2.45, 2.75) is 13.1 Å². The van der Waals surface area contributed by atoms with E-state index in [0.717, 1.165) is 13.1 Å². The van der Waals surface area contributed by atoms with E-state index < -0.39 is 17.1 Å². The maximum absolute atomic E-state index is 12.5. The van der Waals surface area contributed by atoms with Crippen molar-refractivity contribution in [3.63, 3.8) is 0 Å². The summed E-state index contributed by atoms with van der Waals surface area (Å²) in [7, 11) is 0. The maximum atomic E-state index is 12.5. The third-order valence-corrected chi connectivity index (χ3v) is 4.26. The molecule has 0 atom stereocenters. The zero-order valence-corrected chi connectivity index (χ0v) is 12.3. The van der Waals surface area contributed by atoms with Crippen LogP contribution in [0.4, 0.5) is 13.2 Å². The second-order valence-electron chi connectivity index (χ2n) is 4.64. The van der Waals surface area contributed by atoms with Crippen molar-refractivity contribution < 1.29 is 22.7 Å². The number of thiazole rings is 1. The van der Waals surface area contributed by atoms with Gasteiger partial charge in [0.25, 0.3) is 5.91 Å². The molecular formula is C12H16F3N3O2S. The molecule has 1 saturated heterocycles. The standard InChI is InChI=1S/C12H16F3N3O2S/c1-8-9(21-11(17-8)12(13,14)15)10(19)16-2-3-18-4-6-20-7-5-18/h2-7H2,1H3,(H,16,19). The second-order valence-corrected chi connectivity index (χ2v) is 5.64. The number of carbonyl (C=O) groups excluding carboxylic acids is 1. The molecule has 1 fully saturated rings. The van der Waals surface area contributed by atoms with Gasteiger partial charge in [0.1, 0.15) is 4.88 Å². The number of aryl methyl sites for hydroxylation is 1. The van der Waals surface area contributed by atoms with Gasteiger partial charge in [0, 0.05) is 26.2 Å². The molecule has 9 heteroatoms. The zero-order chi connectivity index (χ0) is 15.5. The Morgan fingerprint density at radius 1 is 1.43 bits per heavy atom. The highest BCUT2D eigenvalue weighted by Gasteiger charge is 2.36. The van der Waals surface area contributed by atoms with Crippen molar-refractivity contribution in [2.75, 3.05) is 39.4 Å². The Labute approximate surface area is 124 Å². The van der Waals surface area contributed by atoms with E-state index in [0.29, 0.717) is 37.6 Å². The van der Waals surface area contributed by atoms with Crippen LogP contribution in [0.2, 0.25) is 0 Å². The maximum Gasteiger partial charge on any atom is 0.443 e. The number of carbonyl (C=O) groups is 1. The van der Waals surface area contributed by atoms with Crippen LogP contribution in [0, 0.1) is 6.92 Å². The van der Waals surface area contributed by atoms with Crippen LogP contribution in [0.15, 0.2) is 0 Å². The highest BCUT2D eigenvalue weighted by atomic mass is 32.1. The molecule has 1 amide bonds. The normalized spacial score (nSPS) is 17.0. The molecule has 21 heavy (non-hydrogen) atoms. The number of hydrogen-bond acceptors (Lipinski definition) is 5. The molecule has 0 unspecified atom stereocenters. The Kier molecular flexibility index (Phi) is 5.17. The van der Waals surface area contributed by atoms with E-state index >= 15 is 0 Å². The number of rotatable bonds is 4. The monoisotopic (exact) mass is 323 g/mol.